The Morgan fingerprint density at radius 3 is 2.62 bits per heavy atom. The van der Waals surface area contributed by atoms with Gasteiger partial charge in [0.2, 0.25) is 0 Å². The lowest BCUT2D eigenvalue weighted by Crippen LogP contribution is -2.05. The number of nitrogens with two attached hydrogens (primary N) is 1. The molecule has 0 aliphatic carbocycles. The molecule has 7 heteroatoms. The van der Waals surface area contributed by atoms with E-state index in [4.69, 9.17) is 17.3 Å². The maximum atomic E-state index is 13.7. The summed E-state index contributed by atoms with van der Waals surface area (Å²) in [6.07, 6.45) is -0.695. The summed E-state index contributed by atoms with van der Waals surface area (Å²) in [5.74, 6) is 0. The highest BCUT2D eigenvalue weighted by Crippen LogP contribution is 2.42. The van der Waals surface area contributed by atoms with Crippen LogP contribution in [0.4, 0.5) is 13.2 Å². The Morgan fingerprint density at radius 1 is 1.07 bits per heavy atom. The van der Waals surface area contributed by atoms with Crippen LogP contribution in [0.25, 0.3) is 33.1 Å². The van der Waals surface area contributed by atoms with Crippen LogP contribution in [-0.2, 0) is 12.6 Å². The summed E-state index contributed by atoms with van der Waals surface area (Å²) >= 11 is 6.07. The summed E-state index contributed by atoms with van der Waals surface area (Å²) in [5.41, 5.74) is 7.87. The molecule has 3 nitrogen and oxygen atoms in total. The van der Waals surface area contributed by atoms with Crippen molar-refractivity contribution >= 4 is 33.4 Å². The zero-order valence-electron chi connectivity index (χ0n) is 15.5. The quantitative estimate of drug-likeness (QED) is 0.372. The van der Waals surface area contributed by atoms with E-state index in [0.29, 0.717) is 24.0 Å². The lowest BCUT2D eigenvalue weighted by Gasteiger charge is -2.09. The number of H-pyrrole nitrogens is 1. The Morgan fingerprint density at radius 2 is 1.86 bits per heavy atom. The second-order valence-electron chi connectivity index (χ2n) is 6.98. The summed E-state index contributed by atoms with van der Waals surface area (Å²) in [6.45, 7) is 0.530. The molecule has 4 rings (SSSR count). The normalized spacial score (nSPS) is 12.2. The zero-order chi connectivity index (χ0) is 20.6. The minimum absolute atomic E-state index is 0.0487. The standard InChI is InChI=1S/C22H19ClF3N3/c23-14-11-17-15(7-1-2-9-27)20(29-21(17)18(12-14)22(24,25)26)16-8-3-5-13-6-4-10-28-19(13)16/h3-6,8,10-12,29H,1-2,7,9,27H2. The molecule has 0 aliphatic rings. The molecule has 0 fully saturated rings. The molecule has 2 aromatic carbocycles. The molecule has 0 atom stereocenters. The van der Waals surface area contributed by atoms with Gasteiger partial charge >= 0.3 is 6.18 Å². The van der Waals surface area contributed by atoms with Crippen LogP contribution in [0.15, 0.2) is 48.7 Å². The summed E-state index contributed by atoms with van der Waals surface area (Å²) < 4.78 is 41.1. The average Bonchev–Trinajstić information content (AvgIpc) is 3.04. The number of nitrogens with zero attached hydrogens (tertiary/aromatic N) is 1. The number of aromatic amines is 1. The van der Waals surface area contributed by atoms with Crippen LogP contribution in [0, 0.1) is 0 Å². The Hall–Kier alpha value is -2.57. The molecule has 0 amide bonds. The molecule has 0 saturated heterocycles. The molecule has 2 heterocycles. The van der Waals surface area contributed by atoms with Gasteiger partial charge in [-0.1, -0.05) is 35.9 Å². The van der Waals surface area contributed by atoms with Gasteiger partial charge in [-0.3, -0.25) is 4.98 Å². The number of hydrogen-bond acceptors (Lipinski definition) is 2. The van der Waals surface area contributed by atoms with Crippen molar-refractivity contribution in [2.24, 2.45) is 5.73 Å². The van der Waals surface area contributed by atoms with E-state index in [9.17, 15) is 13.2 Å². The number of nitrogens with one attached hydrogen (secondary N) is 1. The number of hydrogen-bond donors (Lipinski definition) is 2. The fourth-order valence-corrected chi connectivity index (χ4v) is 4.00. The zero-order valence-corrected chi connectivity index (χ0v) is 16.2. The van der Waals surface area contributed by atoms with E-state index in [2.05, 4.69) is 9.97 Å². The molecular weight excluding hydrogens is 399 g/mol. The van der Waals surface area contributed by atoms with Gasteiger partial charge in [-0.25, -0.2) is 0 Å². The smallest absolute Gasteiger partial charge is 0.354 e. The van der Waals surface area contributed by atoms with Crippen molar-refractivity contribution in [3.8, 4) is 11.3 Å². The molecule has 3 N–H and O–H groups in total. The number of fused-ring (bicyclic) bond motifs is 2. The second kappa shape index (κ2) is 7.69. The molecule has 4 aromatic rings. The summed E-state index contributed by atoms with van der Waals surface area (Å²) in [6, 6.07) is 12.0. The first-order valence-electron chi connectivity index (χ1n) is 9.35. The third-order valence-electron chi connectivity index (χ3n) is 5.07. The van der Waals surface area contributed by atoms with Crippen LogP contribution >= 0.6 is 11.6 Å². The number of pyridine rings is 1. The Labute approximate surface area is 170 Å². The van der Waals surface area contributed by atoms with Crippen LogP contribution < -0.4 is 5.73 Å². The third kappa shape index (κ3) is 3.70. The van der Waals surface area contributed by atoms with Gasteiger partial charge in [-0.15, -0.1) is 0 Å². The first-order chi connectivity index (χ1) is 13.9. The number of para-hydroxylation sites is 1. The maximum absolute atomic E-state index is 13.7. The van der Waals surface area contributed by atoms with Crippen molar-refractivity contribution in [3.05, 3.63) is 64.8 Å². The maximum Gasteiger partial charge on any atom is 0.418 e. The summed E-state index contributed by atoms with van der Waals surface area (Å²) in [7, 11) is 0. The average molecular weight is 418 g/mol. The minimum atomic E-state index is -4.52. The molecule has 0 unspecified atom stereocenters. The number of alkyl halides is 3. The topological polar surface area (TPSA) is 54.7 Å². The molecule has 0 radical (unpaired) electrons. The molecule has 0 bridgehead atoms. The Balaban J connectivity index is 2.03. The van der Waals surface area contributed by atoms with Gasteiger partial charge < -0.3 is 10.7 Å². The molecule has 0 saturated carbocycles. The molecular formula is C22H19ClF3N3. The van der Waals surface area contributed by atoms with Gasteiger partial charge in [0.15, 0.2) is 0 Å². The predicted molar refractivity (Wildman–Crippen MR) is 111 cm³/mol. The fourth-order valence-electron chi connectivity index (χ4n) is 3.78. The van der Waals surface area contributed by atoms with Crippen LogP contribution in [0.5, 0.6) is 0 Å². The van der Waals surface area contributed by atoms with E-state index in [1.54, 1.807) is 12.3 Å². The van der Waals surface area contributed by atoms with Gasteiger partial charge in [-0.05, 0) is 49.6 Å². The van der Waals surface area contributed by atoms with Crippen LogP contribution in [0.2, 0.25) is 5.02 Å². The van der Waals surface area contributed by atoms with E-state index in [0.717, 1.165) is 40.9 Å². The van der Waals surface area contributed by atoms with Crippen molar-refractivity contribution in [2.75, 3.05) is 6.54 Å². The lowest BCUT2D eigenvalue weighted by molar-refractivity contribution is -0.136. The highest BCUT2D eigenvalue weighted by atomic mass is 35.5. The Kier molecular flexibility index (Phi) is 5.23. The molecule has 2 aromatic heterocycles. The lowest BCUT2D eigenvalue weighted by atomic mass is 9.98. The van der Waals surface area contributed by atoms with E-state index >= 15 is 0 Å². The van der Waals surface area contributed by atoms with Gasteiger partial charge in [0.1, 0.15) is 0 Å². The van der Waals surface area contributed by atoms with E-state index in [1.807, 2.05) is 30.3 Å². The Bertz CT molecular complexity index is 1180. The van der Waals surface area contributed by atoms with Crippen LogP contribution in [0.1, 0.15) is 24.0 Å². The first kappa shape index (κ1) is 19.7. The SMILES string of the molecule is NCCCCc1c(-c2cccc3cccnc23)[nH]c2c(C(F)(F)F)cc(Cl)cc12. The van der Waals surface area contributed by atoms with Crippen LogP contribution in [-0.4, -0.2) is 16.5 Å². The fraction of sp³-hybridized carbons (Fsp3) is 0.227. The number of aromatic nitrogens is 2. The number of benzene rings is 2. The molecule has 0 spiro atoms. The van der Waals surface area contributed by atoms with E-state index < -0.39 is 11.7 Å². The van der Waals surface area contributed by atoms with E-state index in [1.165, 1.54) is 0 Å². The van der Waals surface area contributed by atoms with Gasteiger partial charge in [0, 0.05) is 27.6 Å². The predicted octanol–water partition coefficient (Wildman–Crippen LogP) is 6.34. The molecule has 150 valence electrons. The van der Waals surface area contributed by atoms with Gasteiger partial charge in [-0.2, -0.15) is 13.2 Å². The minimum Gasteiger partial charge on any atom is -0.354 e. The third-order valence-corrected chi connectivity index (χ3v) is 5.29. The van der Waals surface area contributed by atoms with Crippen molar-refractivity contribution in [2.45, 2.75) is 25.4 Å². The monoisotopic (exact) mass is 417 g/mol. The van der Waals surface area contributed by atoms with Crippen molar-refractivity contribution in [3.63, 3.8) is 0 Å². The van der Waals surface area contributed by atoms with Gasteiger partial charge in [0.25, 0.3) is 0 Å². The van der Waals surface area contributed by atoms with Crippen molar-refractivity contribution < 1.29 is 13.2 Å². The molecule has 0 aliphatic heterocycles. The van der Waals surface area contributed by atoms with Crippen molar-refractivity contribution in [1.82, 2.24) is 9.97 Å². The number of halogens is 4. The van der Waals surface area contributed by atoms with Gasteiger partial charge in [0.05, 0.1) is 22.3 Å². The highest BCUT2D eigenvalue weighted by molar-refractivity contribution is 6.31. The summed E-state index contributed by atoms with van der Waals surface area (Å²) in [4.78, 5) is 7.52. The molecule has 29 heavy (non-hydrogen) atoms. The number of aryl methyl sites for hydroxylation is 1. The van der Waals surface area contributed by atoms with Crippen molar-refractivity contribution in [1.29, 1.82) is 0 Å². The number of unbranched alkanes of at least 4 members (excludes halogenated alkanes) is 1. The highest BCUT2D eigenvalue weighted by Gasteiger charge is 2.34. The van der Waals surface area contributed by atoms with E-state index in [-0.39, 0.29) is 10.5 Å². The summed E-state index contributed by atoms with van der Waals surface area (Å²) in [5, 5.41) is 1.47. The van der Waals surface area contributed by atoms with Crippen LogP contribution in [0.3, 0.4) is 0 Å². The number of rotatable bonds is 5. The largest absolute Gasteiger partial charge is 0.418 e. The first-order valence-corrected chi connectivity index (χ1v) is 9.73. The second-order valence-corrected chi connectivity index (χ2v) is 7.42.